The lowest BCUT2D eigenvalue weighted by molar-refractivity contribution is 0.768. The molecule has 0 bridgehead atoms. The first-order chi connectivity index (χ1) is 6.25. The summed E-state index contributed by atoms with van der Waals surface area (Å²) in [6, 6.07) is 8.71. The van der Waals surface area contributed by atoms with Crippen molar-refractivity contribution >= 4 is 0 Å². The van der Waals surface area contributed by atoms with Gasteiger partial charge in [-0.2, -0.15) is 0 Å². The highest BCUT2D eigenvalue weighted by Gasteiger charge is 2.04. The minimum atomic E-state index is 0.632. The van der Waals surface area contributed by atoms with E-state index in [0.717, 1.165) is 13.0 Å². The summed E-state index contributed by atoms with van der Waals surface area (Å²) in [5, 5.41) is 3.18. The minimum Gasteiger partial charge on any atom is -0.319 e. The van der Waals surface area contributed by atoms with Gasteiger partial charge in [0.15, 0.2) is 0 Å². The Morgan fingerprint density at radius 1 is 1.23 bits per heavy atom. The van der Waals surface area contributed by atoms with E-state index in [1.54, 1.807) is 0 Å². The Bertz CT molecular complexity index is 253. The third-order valence-corrected chi connectivity index (χ3v) is 2.32. The molecule has 0 saturated carbocycles. The van der Waals surface area contributed by atoms with Crippen LogP contribution in [0.3, 0.4) is 0 Å². The van der Waals surface area contributed by atoms with Crippen molar-refractivity contribution in [2.45, 2.75) is 26.2 Å². The van der Waals surface area contributed by atoms with Gasteiger partial charge in [-0.25, -0.2) is 0 Å². The lowest BCUT2D eigenvalue weighted by Crippen LogP contribution is -2.11. The van der Waals surface area contributed by atoms with Crippen LogP contribution in [0.25, 0.3) is 0 Å². The van der Waals surface area contributed by atoms with Crippen LogP contribution in [0.4, 0.5) is 0 Å². The number of likely N-dealkylation sites (N-methyl/N-ethyl adjacent to an activating group) is 1. The summed E-state index contributed by atoms with van der Waals surface area (Å²) in [6.45, 7) is 5.56. The van der Waals surface area contributed by atoms with Crippen LogP contribution in [-0.4, -0.2) is 13.6 Å². The molecule has 1 heteroatoms. The van der Waals surface area contributed by atoms with Gasteiger partial charge < -0.3 is 5.32 Å². The van der Waals surface area contributed by atoms with E-state index in [4.69, 9.17) is 0 Å². The van der Waals surface area contributed by atoms with Crippen molar-refractivity contribution < 1.29 is 0 Å². The Morgan fingerprint density at radius 3 is 2.54 bits per heavy atom. The van der Waals surface area contributed by atoms with Gasteiger partial charge in [0.1, 0.15) is 0 Å². The van der Waals surface area contributed by atoms with Crippen LogP contribution in [0.1, 0.15) is 30.9 Å². The van der Waals surface area contributed by atoms with E-state index >= 15 is 0 Å². The highest BCUT2D eigenvalue weighted by atomic mass is 14.8. The van der Waals surface area contributed by atoms with Gasteiger partial charge in [-0.15, -0.1) is 0 Å². The van der Waals surface area contributed by atoms with Crippen molar-refractivity contribution in [3.63, 3.8) is 0 Å². The molecule has 1 nitrogen and oxygen atoms in total. The van der Waals surface area contributed by atoms with Gasteiger partial charge in [-0.1, -0.05) is 38.1 Å². The maximum atomic E-state index is 3.18. The Labute approximate surface area is 81.2 Å². The second-order valence-corrected chi connectivity index (χ2v) is 3.71. The van der Waals surface area contributed by atoms with Gasteiger partial charge in [0.2, 0.25) is 0 Å². The van der Waals surface area contributed by atoms with E-state index in [1.165, 1.54) is 11.1 Å². The molecule has 0 heterocycles. The Kier molecular flexibility index (Phi) is 3.97. The zero-order valence-electron chi connectivity index (χ0n) is 8.80. The molecular formula is C12H19N. The number of rotatable bonds is 4. The van der Waals surface area contributed by atoms with Crippen LogP contribution in [0.5, 0.6) is 0 Å². The van der Waals surface area contributed by atoms with Crippen molar-refractivity contribution in [2.24, 2.45) is 0 Å². The number of benzene rings is 1. The molecule has 72 valence electrons. The van der Waals surface area contributed by atoms with Gasteiger partial charge in [0.25, 0.3) is 0 Å². The average molecular weight is 177 g/mol. The maximum absolute atomic E-state index is 3.18. The summed E-state index contributed by atoms with van der Waals surface area (Å²) in [6.07, 6.45) is 1.13. The largest absolute Gasteiger partial charge is 0.319 e. The number of hydrogen-bond acceptors (Lipinski definition) is 1. The van der Waals surface area contributed by atoms with Crippen molar-refractivity contribution in [3.8, 4) is 0 Å². The highest BCUT2D eigenvalue weighted by Crippen LogP contribution is 2.19. The van der Waals surface area contributed by atoms with Crippen LogP contribution in [0.2, 0.25) is 0 Å². The van der Waals surface area contributed by atoms with Crippen LogP contribution < -0.4 is 5.32 Å². The fourth-order valence-electron chi connectivity index (χ4n) is 1.58. The van der Waals surface area contributed by atoms with Crippen molar-refractivity contribution in [3.05, 3.63) is 35.4 Å². The Balaban J connectivity index is 2.78. The maximum Gasteiger partial charge on any atom is -0.00113 e. The van der Waals surface area contributed by atoms with E-state index in [9.17, 15) is 0 Å². The molecule has 0 amide bonds. The zero-order chi connectivity index (χ0) is 9.68. The van der Waals surface area contributed by atoms with Gasteiger partial charge >= 0.3 is 0 Å². The van der Waals surface area contributed by atoms with E-state index in [1.807, 2.05) is 7.05 Å². The van der Waals surface area contributed by atoms with Crippen LogP contribution in [-0.2, 0) is 6.42 Å². The number of nitrogens with one attached hydrogen (secondary N) is 1. The molecule has 0 aliphatic heterocycles. The van der Waals surface area contributed by atoms with Crippen molar-refractivity contribution in [1.29, 1.82) is 0 Å². The molecule has 0 fully saturated rings. The topological polar surface area (TPSA) is 12.0 Å². The molecular weight excluding hydrogens is 158 g/mol. The molecule has 0 spiro atoms. The molecule has 1 aromatic rings. The predicted molar refractivity (Wildman–Crippen MR) is 58.2 cm³/mol. The standard InChI is InChI=1S/C12H19N/c1-10(2)12-7-5-4-6-11(12)8-9-13-3/h4-7,10,13H,8-9H2,1-3H3. The summed E-state index contributed by atoms with van der Waals surface area (Å²) in [4.78, 5) is 0. The summed E-state index contributed by atoms with van der Waals surface area (Å²) in [5.41, 5.74) is 2.96. The quantitative estimate of drug-likeness (QED) is 0.745. The lowest BCUT2D eigenvalue weighted by Gasteiger charge is -2.11. The molecule has 0 saturated heterocycles. The minimum absolute atomic E-state index is 0.632. The first-order valence-electron chi connectivity index (χ1n) is 4.98. The van der Waals surface area contributed by atoms with E-state index in [2.05, 4.69) is 43.4 Å². The van der Waals surface area contributed by atoms with Crippen LogP contribution in [0, 0.1) is 0 Å². The molecule has 13 heavy (non-hydrogen) atoms. The Hall–Kier alpha value is -0.820. The SMILES string of the molecule is CNCCc1ccccc1C(C)C. The summed E-state index contributed by atoms with van der Waals surface area (Å²) in [5.74, 6) is 0.632. The fourth-order valence-corrected chi connectivity index (χ4v) is 1.58. The van der Waals surface area contributed by atoms with Gasteiger partial charge in [-0.05, 0) is 37.1 Å². The molecule has 0 radical (unpaired) electrons. The van der Waals surface area contributed by atoms with Gasteiger partial charge in [-0.3, -0.25) is 0 Å². The summed E-state index contributed by atoms with van der Waals surface area (Å²) >= 11 is 0. The monoisotopic (exact) mass is 177 g/mol. The van der Waals surface area contributed by atoms with Crippen LogP contribution >= 0.6 is 0 Å². The van der Waals surface area contributed by atoms with Gasteiger partial charge in [0.05, 0.1) is 0 Å². The first-order valence-corrected chi connectivity index (χ1v) is 4.98. The van der Waals surface area contributed by atoms with Gasteiger partial charge in [0, 0.05) is 0 Å². The molecule has 1 N–H and O–H groups in total. The molecule has 0 aromatic heterocycles. The first kappa shape index (κ1) is 10.3. The van der Waals surface area contributed by atoms with E-state index < -0.39 is 0 Å². The summed E-state index contributed by atoms with van der Waals surface area (Å²) < 4.78 is 0. The summed E-state index contributed by atoms with van der Waals surface area (Å²) in [7, 11) is 2.00. The average Bonchev–Trinajstić information content (AvgIpc) is 2.15. The molecule has 0 aliphatic rings. The normalized spacial score (nSPS) is 10.8. The zero-order valence-corrected chi connectivity index (χ0v) is 8.80. The predicted octanol–water partition coefficient (Wildman–Crippen LogP) is 2.57. The fraction of sp³-hybridized carbons (Fsp3) is 0.500. The lowest BCUT2D eigenvalue weighted by atomic mass is 9.95. The molecule has 0 atom stereocenters. The molecule has 1 rings (SSSR count). The van der Waals surface area contributed by atoms with E-state index in [0.29, 0.717) is 5.92 Å². The third kappa shape index (κ3) is 2.85. The molecule has 0 unspecified atom stereocenters. The van der Waals surface area contributed by atoms with Crippen molar-refractivity contribution in [1.82, 2.24) is 5.32 Å². The van der Waals surface area contributed by atoms with Crippen LogP contribution in [0.15, 0.2) is 24.3 Å². The van der Waals surface area contributed by atoms with E-state index in [-0.39, 0.29) is 0 Å². The molecule has 0 aliphatic carbocycles. The Morgan fingerprint density at radius 2 is 1.92 bits per heavy atom. The third-order valence-electron chi connectivity index (χ3n) is 2.32. The second-order valence-electron chi connectivity index (χ2n) is 3.71. The second kappa shape index (κ2) is 5.03. The van der Waals surface area contributed by atoms with Crippen molar-refractivity contribution in [2.75, 3.05) is 13.6 Å². The smallest absolute Gasteiger partial charge is 0.00113 e. The highest BCUT2D eigenvalue weighted by molar-refractivity contribution is 5.29. The number of hydrogen-bond donors (Lipinski definition) is 1. The molecule has 1 aromatic carbocycles.